The molecule has 142 valence electrons. The van der Waals surface area contributed by atoms with E-state index in [1.54, 1.807) is 4.57 Å². The number of aryl methyl sites for hydroxylation is 2. The molecular weight excluding hydrogens is 334 g/mol. The van der Waals surface area contributed by atoms with E-state index in [-0.39, 0.29) is 11.6 Å². The normalized spacial score (nSPS) is 12.4. The third-order valence-electron chi connectivity index (χ3n) is 5.19. The lowest BCUT2D eigenvalue weighted by atomic mass is 10.1. The van der Waals surface area contributed by atoms with Gasteiger partial charge in [0.1, 0.15) is 5.82 Å². The first-order valence-corrected chi connectivity index (χ1v) is 9.89. The molecule has 0 amide bonds. The molecule has 0 aliphatic heterocycles. The van der Waals surface area contributed by atoms with Crippen molar-refractivity contribution in [3.8, 4) is 5.69 Å². The van der Waals surface area contributed by atoms with E-state index in [1.165, 1.54) is 11.1 Å². The van der Waals surface area contributed by atoms with Crippen LogP contribution in [0.1, 0.15) is 56.1 Å². The zero-order valence-electron chi connectivity index (χ0n) is 16.7. The second-order valence-corrected chi connectivity index (χ2v) is 7.16. The van der Waals surface area contributed by atoms with Crippen molar-refractivity contribution in [1.82, 2.24) is 14.9 Å². The molecule has 1 atom stereocenters. The van der Waals surface area contributed by atoms with E-state index in [4.69, 9.17) is 4.98 Å². The van der Waals surface area contributed by atoms with Crippen LogP contribution in [0.2, 0.25) is 0 Å². The molecule has 0 fully saturated rings. The monoisotopic (exact) mass is 363 g/mol. The number of hydrogen-bond acceptors (Lipinski definition) is 3. The minimum Gasteiger partial charge on any atom is -0.307 e. The summed E-state index contributed by atoms with van der Waals surface area (Å²) in [5.41, 5.74) is 4.02. The van der Waals surface area contributed by atoms with Gasteiger partial charge in [-0.1, -0.05) is 38.5 Å². The third-order valence-corrected chi connectivity index (χ3v) is 5.19. The highest BCUT2D eigenvalue weighted by Gasteiger charge is 2.19. The first-order chi connectivity index (χ1) is 13.1. The zero-order valence-corrected chi connectivity index (χ0v) is 16.7. The number of rotatable bonds is 7. The van der Waals surface area contributed by atoms with Gasteiger partial charge in [0.15, 0.2) is 0 Å². The molecule has 2 aromatic carbocycles. The molecule has 3 aromatic rings. The Kier molecular flexibility index (Phi) is 6.07. The van der Waals surface area contributed by atoms with Crippen LogP contribution in [0.5, 0.6) is 0 Å². The van der Waals surface area contributed by atoms with Crippen molar-refractivity contribution in [3.63, 3.8) is 0 Å². The van der Waals surface area contributed by atoms with Gasteiger partial charge in [-0.15, -0.1) is 0 Å². The Morgan fingerprint density at radius 3 is 2.56 bits per heavy atom. The van der Waals surface area contributed by atoms with Crippen LogP contribution in [0.15, 0.2) is 47.3 Å². The summed E-state index contributed by atoms with van der Waals surface area (Å²) in [5, 5.41) is 4.25. The molecule has 0 saturated carbocycles. The number of nitrogens with one attached hydrogen (secondary N) is 1. The molecule has 1 unspecified atom stereocenters. The van der Waals surface area contributed by atoms with Crippen LogP contribution in [-0.4, -0.2) is 16.1 Å². The molecule has 0 bridgehead atoms. The average molecular weight is 364 g/mol. The van der Waals surface area contributed by atoms with Crippen molar-refractivity contribution in [2.24, 2.45) is 0 Å². The first-order valence-electron chi connectivity index (χ1n) is 9.89. The Morgan fingerprint density at radius 1 is 1.07 bits per heavy atom. The average Bonchev–Trinajstić information content (AvgIpc) is 2.68. The van der Waals surface area contributed by atoms with Crippen LogP contribution in [0, 0.1) is 13.8 Å². The first kappa shape index (κ1) is 19.3. The molecule has 0 saturated heterocycles. The van der Waals surface area contributed by atoms with Crippen molar-refractivity contribution < 1.29 is 0 Å². The smallest absolute Gasteiger partial charge is 0.266 e. The molecule has 1 aromatic heterocycles. The molecular formula is C23H29N3O. The zero-order chi connectivity index (χ0) is 19.4. The summed E-state index contributed by atoms with van der Waals surface area (Å²) in [6.45, 7) is 9.40. The van der Waals surface area contributed by atoms with Crippen LogP contribution >= 0.6 is 0 Å². The van der Waals surface area contributed by atoms with Crippen LogP contribution in [0.25, 0.3) is 16.6 Å². The Morgan fingerprint density at radius 2 is 1.85 bits per heavy atom. The van der Waals surface area contributed by atoms with E-state index >= 15 is 0 Å². The van der Waals surface area contributed by atoms with Crippen LogP contribution in [0.4, 0.5) is 0 Å². The second-order valence-electron chi connectivity index (χ2n) is 7.16. The number of fused-ring (bicyclic) bond motifs is 1. The molecule has 1 N–H and O–H groups in total. The van der Waals surface area contributed by atoms with E-state index < -0.39 is 0 Å². The SMILES string of the molecule is CCCCNC(CC)c1nc2ccccc2c(=O)n1-c1ccc(C)c(C)c1. The molecule has 0 aliphatic rings. The van der Waals surface area contributed by atoms with Crippen molar-refractivity contribution in [2.75, 3.05) is 6.54 Å². The number of nitrogens with zero attached hydrogens (tertiary/aromatic N) is 2. The number of benzene rings is 2. The second kappa shape index (κ2) is 8.49. The summed E-state index contributed by atoms with van der Waals surface area (Å²) in [5.74, 6) is 0.792. The van der Waals surface area contributed by atoms with E-state index in [0.29, 0.717) is 5.39 Å². The van der Waals surface area contributed by atoms with Gasteiger partial charge in [0, 0.05) is 0 Å². The van der Waals surface area contributed by atoms with Crippen molar-refractivity contribution in [2.45, 2.75) is 53.0 Å². The maximum Gasteiger partial charge on any atom is 0.266 e. The fraction of sp³-hybridized carbons (Fsp3) is 0.391. The summed E-state index contributed by atoms with van der Waals surface area (Å²) in [6.07, 6.45) is 3.12. The largest absolute Gasteiger partial charge is 0.307 e. The topological polar surface area (TPSA) is 46.9 Å². The lowest BCUT2D eigenvalue weighted by Gasteiger charge is -2.22. The number of para-hydroxylation sites is 1. The number of aromatic nitrogens is 2. The predicted molar refractivity (Wildman–Crippen MR) is 113 cm³/mol. The lowest BCUT2D eigenvalue weighted by molar-refractivity contribution is 0.476. The van der Waals surface area contributed by atoms with Gasteiger partial charge in [-0.2, -0.15) is 0 Å². The van der Waals surface area contributed by atoms with Crippen molar-refractivity contribution >= 4 is 10.9 Å². The highest BCUT2D eigenvalue weighted by atomic mass is 16.1. The predicted octanol–water partition coefficient (Wildman–Crippen LogP) is 4.84. The molecule has 0 radical (unpaired) electrons. The van der Waals surface area contributed by atoms with Gasteiger partial charge in [-0.05, 0) is 68.6 Å². The van der Waals surface area contributed by atoms with E-state index in [1.807, 2.05) is 30.3 Å². The third kappa shape index (κ3) is 3.96. The van der Waals surface area contributed by atoms with Gasteiger partial charge >= 0.3 is 0 Å². The summed E-state index contributed by atoms with van der Waals surface area (Å²) in [7, 11) is 0. The van der Waals surface area contributed by atoms with Gasteiger partial charge < -0.3 is 5.32 Å². The summed E-state index contributed by atoms with van der Waals surface area (Å²) < 4.78 is 1.79. The highest BCUT2D eigenvalue weighted by molar-refractivity contribution is 5.77. The van der Waals surface area contributed by atoms with Gasteiger partial charge in [0.25, 0.3) is 5.56 Å². The van der Waals surface area contributed by atoms with Crippen LogP contribution in [-0.2, 0) is 0 Å². The van der Waals surface area contributed by atoms with Gasteiger partial charge in [0.05, 0.1) is 22.6 Å². The van der Waals surface area contributed by atoms with Gasteiger partial charge in [-0.3, -0.25) is 9.36 Å². The molecule has 4 heteroatoms. The minimum absolute atomic E-state index is 0.00501. The molecule has 0 aliphatic carbocycles. The van der Waals surface area contributed by atoms with E-state index in [9.17, 15) is 4.79 Å². The molecule has 27 heavy (non-hydrogen) atoms. The summed E-state index contributed by atoms with van der Waals surface area (Å²) >= 11 is 0. The van der Waals surface area contributed by atoms with Crippen molar-refractivity contribution in [1.29, 1.82) is 0 Å². The number of hydrogen-bond donors (Lipinski definition) is 1. The fourth-order valence-corrected chi connectivity index (χ4v) is 3.37. The Hall–Kier alpha value is -2.46. The van der Waals surface area contributed by atoms with Gasteiger partial charge in [0.2, 0.25) is 0 Å². The molecule has 3 rings (SSSR count). The Bertz CT molecular complexity index is 991. The maximum absolute atomic E-state index is 13.4. The Labute approximate surface area is 161 Å². The summed E-state index contributed by atoms with van der Waals surface area (Å²) in [6, 6.07) is 13.8. The quantitative estimate of drug-likeness (QED) is 0.611. The molecule has 1 heterocycles. The lowest BCUT2D eigenvalue weighted by Crippen LogP contribution is -2.31. The number of unbranched alkanes of at least 4 members (excludes halogenated alkanes) is 1. The minimum atomic E-state index is -0.00501. The van der Waals surface area contributed by atoms with E-state index in [2.05, 4.69) is 45.1 Å². The van der Waals surface area contributed by atoms with Gasteiger partial charge in [-0.25, -0.2) is 4.98 Å². The maximum atomic E-state index is 13.4. The highest BCUT2D eigenvalue weighted by Crippen LogP contribution is 2.22. The Balaban J connectivity index is 2.23. The molecule has 0 spiro atoms. The van der Waals surface area contributed by atoms with Crippen LogP contribution < -0.4 is 10.9 Å². The fourth-order valence-electron chi connectivity index (χ4n) is 3.37. The summed E-state index contributed by atoms with van der Waals surface area (Å²) in [4.78, 5) is 18.3. The van der Waals surface area contributed by atoms with E-state index in [0.717, 1.165) is 42.8 Å². The van der Waals surface area contributed by atoms with Crippen LogP contribution in [0.3, 0.4) is 0 Å². The molecule has 4 nitrogen and oxygen atoms in total. The van der Waals surface area contributed by atoms with Crippen molar-refractivity contribution in [3.05, 3.63) is 69.8 Å². The standard InChI is InChI=1S/C23H29N3O/c1-5-7-14-24-20(6-2)22-25-21-11-9-8-10-19(21)23(27)26(22)18-13-12-16(3)17(4)15-18/h8-13,15,20,24H,5-7,14H2,1-4H3.